The molecule has 1 nitrogen and oxygen atoms in total. The molecule has 0 saturated carbocycles. The summed E-state index contributed by atoms with van der Waals surface area (Å²) in [6.07, 6.45) is 5.63. The van der Waals surface area contributed by atoms with Gasteiger partial charge in [-0.3, -0.25) is 4.79 Å². The van der Waals surface area contributed by atoms with E-state index in [1.54, 1.807) is 0 Å². The zero-order chi connectivity index (χ0) is 13.3. The second-order valence-corrected chi connectivity index (χ2v) is 4.58. The zero-order valence-electron chi connectivity index (χ0n) is 11.0. The molecular formula is C18H18O. The molecule has 0 spiro atoms. The highest BCUT2D eigenvalue weighted by Crippen LogP contribution is 2.09. The molecule has 2 rings (SSSR count). The van der Waals surface area contributed by atoms with Crippen molar-refractivity contribution in [2.45, 2.75) is 19.3 Å². The standard InChI is InChI=1S/C18H18O/c19-15-18(14-17-10-5-2-6-11-17)13-7-12-16-8-3-1-4-9-16/h1-6,8-11,13,15H,7,12,14H2. The second-order valence-electron chi connectivity index (χ2n) is 4.58. The molecule has 0 heterocycles. The van der Waals surface area contributed by atoms with Crippen molar-refractivity contribution in [2.24, 2.45) is 0 Å². The third-order valence-electron chi connectivity index (χ3n) is 3.08. The number of carbonyl (C=O) groups excluding carboxylic acids is 1. The predicted octanol–water partition coefficient (Wildman–Crippen LogP) is 3.99. The van der Waals surface area contributed by atoms with Crippen LogP contribution < -0.4 is 0 Å². The van der Waals surface area contributed by atoms with Gasteiger partial charge >= 0.3 is 0 Å². The summed E-state index contributed by atoms with van der Waals surface area (Å²) >= 11 is 0. The predicted molar refractivity (Wildman–Crippen MR) is 79.1 cm³/mol. The zero-order valence-corrected chi connectivity index (χ0v) is 11.0. The SMILES string of the molecule is O=CC(=CCCc1ccccc1)Cc1ccccc1. The van der Waals surface area contributed by atoms with E-state index in [0.29, 0.717) is 0 Å². The fourth-order valence-corrected chi connectivity index (χ4v) is 2.06. The van der Waals surface area contributed by atoms with Crippen LogP contribution in [0, 0.1) is 0 Å². The number of allylic oxidation sites excluding steroid dienone is 2. The number of aldehydes is 1. The Hall–Kier alpha value is -2.15. The highest BCUT2D eigenvalue weighted by Gasteiger charge is 1.98. The summed E-state index contributed by atoms with van der Waals surface area (Å²) in [5.41, 5.74) is 3.35. The van der Waals surface area contributed by atoms with Gasteiger partial charge in [0.05, 0.1) is 0 Å². The summed E-state index contributed by atoms with van der Waals surface area (Å²) in [6.45, 7) is 0. The summed E-state index contributed by atoms with van der Waals surface area (Å²) in [4.78, 5) is 11.1. The maximum Gasteiger partial charge on any atom is 0.146 e. The molecule has 2 aromatic rings. The second kappa shape index (κ2) is 7.32. The summed E-state index contributed by atoms with van der Waals surface area (Å²) in [5.74, 6) is 0. The number of benzene rings is 2. The van der Waals surface area contributed by atoms with Crippen LogP contribution in [0.2, 0.25) is 0 Å². The van der Waals surface area contributed by atoms with Gasteiger partial charge in [0.25, 0.3) is 0 Å². The summed E-state index contributed by atoms with van der Waals surface area (Å²) in [7, 11) is 0. The molecule has 0 unspecified atom stereocenters. The first-order valence-electron chi connectivity index (χ1n) is 6.60. The van der Waals surface area contributed by atoms with Gasteiger partial charge in [0.2, 0.25) is 0 Å². The van der Waals surface area contributed by atoms with E-state index in [2.05, 4.69) is 24.3 Å². The van der Waals surface area contributed by atoms with Crippen LogP contribution in [0.1, 0.15) is 17.5 Å². The van der Waals surface area contributed by atoms with E-state index in [1.807, 2.05) is 42.5 Å². The van der Waals surface area contributed by atoms with Crippen LogP contribution in [0.5, 0.6) is 0 Å². The minimum Gasteiger partial charge on any atom is -0.298 e. The first-order chi connectivity index (χ1) is 9.38. The Labute approximate surface area is 114 Å². The van der Waals surface area contributed by atoms with Crippen molar-refractivity contribution < 1.29 is 4.79 Å². The highest BCUT2D eigenvalue weighted by molar-refractivity contribution is 5.73. The molecular weight excluding hydrogens is 232 g/mol. The number of rotatable bonds is 6. The van der Waals surface area contributed by atoms with Crippen molar-refractivity contribution in [2.75, 3.05) is 0 Å². The van der Waals surface area contributed by atoms with Gasteiger partial charge in [0.1, 0.15) is 6.29 Å². The first-order valence-corrected chi connectivity index (χ1v) is 6.60. The Morgan fingerprint density at radius 2 is 1.42 bits per heavy atom. The lowest BCUT2D eigenvalue weighted by Crippen LogP contribution is -1.93. The molecule has 0 bridgehead atoms. The van der Waals surface area contributed by atoms with Crippen LogP contribution in [0.4, 0.5) is 0 Å². The van der Waals surface area contributed by atoms with Gasteiger partial charge < -0.3 is 0 Å². The molecule has 96 valence electrons. The van der Waals surface area contributed by atoms with E-state index in [0.717, 1.165) is 31.1 Å². The van der Waals surface area contributed by atoms with Crippen LogP contribution >= 0.6 is 0 Å². The number of carbonyl (C=O) groups is 1. The number of hydrogen-bond donors (Lipinski definition) is 0. The van der Waals surface area contributed by atoms with Crippen LogP contribution in [-0.2, 0) is 17.6 Å². The van der Waals surface area contributed by atoms with Crippen LogP contribution in [-0.4, -0.2) is 6.29 Å². The van der Waals surface area contributed by atoms with E-state index in [-0.39, 0.29) is 0 Å². The Balaban J connectivity index is 1.91. The summed E-state index contributed by atoms with van der Waals surface area (Å²) in [6, 6.07) is 20.4. The van der Waals surface area contributed by atoms with Gasteiger partial charge in [-0.15, -0.1) is 0 Å². The lowest BCUT2D eigenvalue weighted by molar-refractivity contribution is -0.105. The molecule has 1 heteroatoms. The van der Waals surface area contributed by atoms with Crippen molar-refractivity contribution in [3.05, 3.63) is 83.4 Å². The maximum atomic E-state index is 11.1. The van der Waals surface area contributed by atoms with Crippen molar-refractivity contribution in [1.82, 2.24) is 0 Å². The molecule has 0 aliphatic carbocycles. The Morgan fingerprint density at radius 3 is 2.00 bits per heavy atom. The molecule has 19 heavy (non-hydrogen) atoms. The monoisotopic (exact) mass is 250 g/mol. The van der Waals surface area contributed by atoms with E-state index in [4.69, 9.17) is 0 Å². The fraction of sp³-hybridized carbons (Fsp3) is 0.167. The number of aryl methyl sites for hydroxylation is 1. The summed E-state index contributed by atoms with van der Waals surface area (Å²) in [5, 5.41) is 0. The third-order valence-corrected chi connectivity index (χ3v) is 3.08. The lowest BCUT2D eigenvalue weighted by Gasteiger charge is -2.01. The molecule has 0 N–H and O–H groups in total. The van der Waals surface area contributed by atoms with Gasteiger partial charge in [-0.2, -0.15) is 0 Å². The van der Waals surface area contributed by atoms with Gasteiger partial charge in [-0.05, 0) is 29.5 Å². The van der Waals surface area contributed by atoms with Crippen molar-refractivity contribution in [3.63, 3.8) is 0 Å². The minimum atomic E-state index is 0.721. The van der Waals surface area contributed by atoms with E-state index >= 15 is 0 Å². The van der Waals surface area contributed by atoms with Crippen LogP contribution in [0.3, 0.4) is 0 Å². The van der Waals surface area contributed by atoms with Crippen molar-refractivity contribution >= 4 is 6.29 Å². The molecule has 0 saturated heterocycles. The molecule has 0 aliphatic heterocycles. The Kier molecular flexibility index (Phi) is 5.12. The van der Waals surface area contributed by atoms with E-state index in [9.17, 15) is 4.79 Å². The highest BCUT2D eigenvalue weighted by atomic mass is 16.1. The maximum absolute atomic E-state index is 11.1. The average molecular weight is 250 g/mol. The lowest BCUT2D eigenvalue weighted by atomic mass is 10.0. The van der Waals surface area contributed by atoms with E-state index < -0.39 is 0 Å². The third kappa shape index (κ3) is 4.55. The largest absolute Gasteiger partial charge is 0.298 e. The minimum absolute atomic E-state index is 0.721. The van der Waals surface area contributed by atoms with Gasteiger partial charge in [-0.1, -0.05) is 66.7 Å². The number of hydrogen-bond acceptors (Lipinski definition) is 1. The summed E-state index contributed by atoms with van der Waals surface area (Å²) < 4.78 is 0. The fourth-order valence-electron chi connectivity index (χ4n) is 2.06. The van der Waals surface area contributed by atoms with E-state index in [1.165, 1.54) is 11.1 Å². The Morgan fingerprint density at radius 1 is 0.842 bits per heavy atom. The Bertz CT molecular complexity index is 526. The molecule has 2 aromatic carbocycles. The van der Waals surface area contributed by atoms with Gasteiger partial charge in [0.15, 0.2) is 0 Å². The van der Waals surface area contributed by atoms with Gasteiger partial charge in [0, 0.05) is 6.42 Å². The molecule has 0 radical (unpaired) electrons. The van der Waals surface area contributed by atoms with Crippen molar-refractivity contribution in [1.29, 1.82) is 0 Å². The van der Waals surface area contributed by atoms with Crippen LogP contribution in [0.15, 0.2) is 72.3 Å². The smallest absolute Gasteiger partial charge is 0.146 e. The molecule has 0 aliphatic rings. The molecule has 0 aromatic heterocycles. The quantitative estimate of drug-likeness (QED) is 0.559. The van der Waals surface area contributed by atoms with Crippen molar-refractivity contribution in [3.8, 4) is 0 Å². The molecule has 0 fully saturated rings. The first kappa shape index (κ1) is 13.3. The molecule has 0 amide bonds. The normalized spacial score (nSPS) is 11.3. The van der Waals surface area contributed by atoms with Crippen LogP contribution in [0.25, 0.3) is 0 Å². The topological polar surface area (TPSA) is 17.1 Å². The molecule has 0 atom stereocenters. The van der Waals surface area contributed by atoms with Gasteiger partial charge in [-0.25, -0.2) is 0 Å². The average Bonchev–Trinajstić information content (AvgIpc) is 2.48.